The van der Waals surface area contributed by atoms with Crippen LogP contribution in [0, 0.1) is 11.8 Å². The number of carboxylic acid groups (broad SMARTS) is 1. The van der Waals surface area contributed by atoms with Crippen molar-refractivity contribution >= 4 is 41.1 Å². The van der Waals surface area contributed by atoms with Crippen LogP contribution in [-0.2, 0) is 14.4 Å². The predicted molar refractivity (Wildman–Crippen MR) is 130 cm³/mol. The molecule has 1 aromatic carbocycles. The first-order valence-electron chi connectivity index (χ1n) is 11.4. The molecular weight excluding hydrogens is 470 g/mol. The van der Waals surface area contributed by atoms with Crippen LogP contribution in [0.1, 0.15) is 23.4 Å². The fourth-order valence-corrected chi connectivity index (χ4v) is 5.08. The molecule has 1 aromatic heterocycles. The molecule has 2 N–H and O–H groups in total. The molecule has 2 aliphatic rings. The summed E-state index contributed by atoms with van der Waals surface area (Å²) in [5.74, 6) is -2.30. The van der Waals surface area contributed by atoms with Gasteiger partial charge < -0.3 is 24.6 Å². The first-order valence-corrected chi connectivity index (χ1v) is 12.4. The minimum atomic E-state index is -0.969. The van der Waals surface area contributed by atoms with Crippen LogP contribution < -0.4 is 5.32 Å². The Bertz CT molecular complexity index is 1110. The summed E-state index contributed by atoms with van der Waals surface area (Å²) in [4.78, 5) is 53.5. The van der Waals surface area contributed by atoms with Crippen molar-refractivity contribution in [3.8, 4) is 0 Å². The number of piperazine rings is 1. The van der Waals surface area contributed by atoms with Crippen LogP contribution in [0.4, 0.5) is 5.69 Å². The molecule has 2 heterocycles. The van der Waals surface area contributed by atoms with Gasteiger partial charge in [-0.15, -0.1) is 11.8 Å². The lowest BCUT2D eigenvalue weighted by Gasteiger charge is -2.34. The topological polar surface area (TPSA) is 120 Å². The maximum absolute atomic E-state index is 12.7. The average Bonchev–Trinajstić information content (AvgIpc) is 3.42. The highest BCUT2D eigenvalue weighted by Gasteiger charge is 2.34. The number of furan rings is 1. The number of benzene rings is 1. The highest BCUT2D eigenvalue weighted by atomic mass is 32.2. The van der Waals surface area contributed by atoms with Crippen molar-refractivity contribution in [3.05, 3.63) is 60.6 Å². The molecule has 1 aliphatic heterocycles. The lowest BCUT2D eigenvalue weighted by molar-refractivity contribution is -0.146. The number of hydrogen-bond donors (Lipinski definition) is 2. The van der Waals surface area contributed by atoms with Gasteiger partial charge in [0.1, 0.15) is 0 Å². The molecule has 9 nitrogen and oxygen atoms in total. The Morgan fingerprint density at radius 3 is 2.37 bits per heavy atom. The number of rotatable bonds is 7. The van der Waals surface area contributed by atoms with Gasteiger partial charge in [-0.2, -0.15) is 0 Å². The van der Waals surface area contributed by atoms with Gasteiger partial charge in [0.25, 0.3) is 5.91 Å². The molecule has 35 heavy (non-hydrogen) atoms. The molecule has 0 spiro atoms. The van der Waals surface area contributed by atoms with Crippen LogP contribution in [0.15, 0.2) is 64.1 Å². The second-order valence-corrected chi connectivity index (χ2v) is 9.50. The van der Waals surface area contributed by atoms with Gasteiger partial charge in [0.15, 0.2) is 5.76 Å². The standard InChI is InChI=1S/C25H27N3O6S/c29-22(27-10-12-28(13-11-27)24(31)21-9-4-14-34-21)16-35-18-6-3-5-17(15-18)26-23(30)19-7-1-2-8-20(19)25(32)33/h1-6,9,14-15,19-20H,7-8,10-13,16H2,(H,26,30)(H,32,33). The molecule has 2 aromatic rings. The summed E-state index contributed by atoms with van der Waals surface area (Å²) in [7, 11) is 0. The second-order valence-electron chi connectivity index (χ2n) is 8.45. The summed E-state index contributed by atoms with van der Waals surface area (Å²) in [5.41, 5.74) is 0.566. The highest BCUT2D eigenvalue weighted by Crippen LogP contribution is 2.28. The molecule has 0 bridgehead atoms. The van der Waals surface area contributed by atoms with Crippen LogP contribution in [-0.4, -0.2) is 70.5 Å². The molecule has 0 saturated carbocycles. The van der Waals surface area contributed by atoms with Crippen molar-refractivity contribution in [3.63, 3.8) is 0 Å². The number of carboxylic acids is 1. The zero-order chi connectivity index (χ0) is 24.8. The van der Waals surface area contributed by atoms with Gasteiger partial charge in [-0.1, -0.05) is 18.2 Å². The summed E-state index contributed by atoms with van der Waals surface area (Å²) in [6, 6.07) is 10.5. The molecule has 1 aliphatic carbocycles. The van der Waals surface area contributed by atoms with Gasteiger partial charge in [-0.25, -0.2) is 0 Å². The monoisotopic (exact) mass is 497 g/mol. The maximum atomic E-state index is 12.7. The molecule has 2 atom stereocenters. The highest BCUT2D eigenvalue weighted by molar-refractivity contribution is 8.00. The van der Waals surface area contributed by atoms with Crippen LogP contribution in [0.3, 0.4) is 0 Å². The van der Waals surface area contributed by atoms with Crippen molar-refractivity contribution in [2.75, 3.05) is 37.2 Å². The molecule has 1 fully saturated rings. The van der Waals surface area contributed by atoms with E-state index in [9.17, 15) is 24.3 Å². The zero-order valence-electron chi connectivity index (χ0n) is 19.1. The molecule has 3 amide bonds. The average molecular weight is 498 g/mol. The molecule has 4 rings (SSSR count). The van der Waals surface area contributed by atoms with Crippen molar-refractivity contribution < 1.29 is 28.7 Å². The van der Waals surface area contributed by atoms with Gasteiger partial charge in [0.05, 0.1) is 23.9 Å². The van der Waals surface area contributed by atoms with Crippen LogP contribution in [0.25, 0.3) is 0 Å². The van der Waals surface area contributed by atoms with E-state index in [1.807, 2.05) is 12.1 Å². The fraction of sp³-hybridized carbons (Fsp3) is 0.360. The quantitative estimate of drug-likeness (QED) is 0.446. The summed E-state index contributed by atoms with van der Waals surface area (Å²) in [6.07, 6.45) is 5.84. The van der Waals surface area contributed by atoms with Gasteiger partial charge in [-0.05, 0) is 43.2 Å². The Balaban J connectivity index is 1.26. The van der Waals surface area contributed by atoms with E-state index >= 15 is 0 Å². The van der Waals surface area contributed by atoms with Crippen molar-refractivity contribution in [2.24, 2.45) is 11.8 Å². The summed E-state index contributed by atoms with van der Waals surface area (Å²) >= 11 is 1.37. The number of thioether (sulfide) groups is 1. The third-order valence-electron chi connectivity index (χ3n) is 6.20. The van der Waals surface area contributed by atoms with Crippen molar-refractivity contribution in [2.45, 2.75) is 17.7 Å². The van der Waals surface area contributed by atoms with Crippen LogP contribution in [0.5, 0.6) is 0 Å². The minimum absolute atomic E-state index is 0.0205. The third kappa shape index (κ3) is 6.13. The van der Waals surface area contributed by atoms with Crippen LogP contribution >= 0.6 is 11.8 Å². The summed E-state index contributed by atoms with van der Waals surface area (Å²) in [5, 5.41) is 12.2. The summed E-state index contributed by atoms with van der Waals surface area (Å²) in [6.45, 7) is 1.82. The first kappa shape index (κ1) is 24.6. The molecule has 184 valence electrons. The fourth-order valence-electron chi connectivity index (χ4n) is 4.23. The SMILES string of the molecule is O=C(O)C1CC=CCC1C(=O)Nc1cccc(SCC(=O)N2CCN(C(=O)c3ccco3)CC2)c1. The molecule has 2 unspecified atom stereocenters. The first-order chi connectivity index (χ1) is 16.9. The smallest absolute Gasteiger partial charge is 0.307 e. The van der Waals surface area contributed by atoms with Crippen molar-refractivity contribution in [1.82, 2.24) is 9.80 Å². The Labute approximate surface area is 207 Å². The van der Waals surface area contributed by atoms with E-state index in [2.05, 4.69) is 5.32 Å². The number of carbonyl (C=O) groups is 4. The Morgan fingerprint density at radius 2 is 1.69 bits per heavy atom. The molecular formula is C25H27N3O6S. The van der Waals surface area contributed by atoms with E-state index in [4.69, 9.17) is 4.42 Å². The number of hydrogen-bond acceptors (Lipinski definition) is 6. The lowest BCUT2D eigenvalue weighted by Crippen LogP contribution is -2.51. The number of anilines is 1. The largest absolute Gasteiger partial charge is 0.481 e. The van der Waals surface area contributed by atoms with E-state index in [0.717, 1.165) is 4.90 Å². The van der Waals surface area contributed by atoms with E-state index in [1.165, 1.54) is 18.0 Å². The maximum Gasteiger partial charge on any atom is 0.307 e. The van der Waals surface area contributed by atoms with E-state index in [-0.39, 0.29) is 23.5 Å². The van der Waals surface area contributed by atoms with E-state index in [1.54, 1.807) is 46.2 Å². The second kappa shape index (κ2) is 11.3. The molecule has 1 saturated heterocycles. The number of allylic oxidation sites excluding steroid dienone is 2. The number of nitrogens with one attached hydrogen (secondary N) is 1. The number of amides is 3. The normalized spacial score (nSPS) is 19.9. The Kier molecular flexibility index (Phi) is 7.91. The van der Waals surface area contributed by atoms with Gasteiger partial charge >= 0.3 is 5.97 Å². The zero-order valence-corrected chi connectivity index (χ0v) is 19.9. The number of aliphatic carboxylic acids is 1. The predicted octanol–water partition coefficient (Wildman–Crippen LogP) is 2.96. The van der Waals surface area contributed by atoms with Crippen molar-refractivity contribution in [1.29, 1.82) is 0 Å². The van der Waals surface area contributed by atoms with Gasteiger partial charge in [0, 0.05) is 36.8 Å². The van der Waals surface area contributed by atoms with Gasteiger partial charge in [-0.3, -0.25) is 19.2 Å². The number of nitrogens with zero attached hydrogens (tertiary/aromatic N) is 2. The molecule has 0 radical (unpaired) electrons. The van der Waals surface area contributed by atoms with Crippen LogP contribution in [0.2, 0.25) is 0 Å². The lowest BCUT2D eigenvalue weighted by atomic mass is 9.82. The van der Waals surface area contributed by atoms with Gasteiger partial charge in [0.2, 0.25) is 11.8 Å². The summed E-state index contributed by atoms with van der Waals surface area (Å²) < 4.78 is 5.16. The Morgan fingerprint density at radius 1 is 0.971 bits per heavy atom. The minimum Gasteiger partial charge on any atom is -0.481 e. The van der Waals surface area contributed by atoms with E-state index in [0.29, 0.717) is 50.5 Å². The molecule has 10 heteroatoms. The number of carbonyl (C=O) groups excluding carboxylic acids is 3. The third-order valence-corrected chi connectivity index (χ3v) is 7.18. The van der Waals surface area contributed by atoms with E-state index < -0.39 is 17.8 Å². The Hall–Kier alpha value is -3.53.